The molecule has 1 aliphatic heterocycles. The lowest BCUT2D eigenvalue weighted by molar-refractivity contribution is -0.123. The van der Waals surface area contributed by atoms with Crippen molar-refractivity contribution >= 4 is 17.5 Å². The molecule has 0 spiro atoms. The van der Waals surface area contributed by atoms with Gasteiger partial charge in [0.2, 0.25) is 5.91 Å². The van der Waals surface area contributed by atoms with Crippen LogP contribution in [0, 0.1) is 0 Å². The maximum Gasteiger partial charge on any atom is 0.237 e. The molecule has 1 aromatic rings. The van der Waals surface area contributed by atoms with E-state index in [4.69, 9.17) is 11.6 Å². The fraction of sp³-hybridized carbons (Fsp3) is 0.500. The van der Waals surface area contributed by atoms with Gasteiger partial charge in [0.25, 0.3) is 0 Å². The number of rotatable bonds is 4. The normalized spacial score (nSPS) is 19.5. The first-order chi connectivity index (χ1) is 8.75. The van der Waals surface area contributed by atoms with Crippen LogP contribution in [-0.4, -0.2) is 25.0 Å². The highest BCUT2D eigenvalue weighted by atomic mass is 35.5. The van der Waals surface area contributed by atoms with Crippen molar-refractivity contribution in [1.82, 2.24) is 10.6 Å². The second-order valence-electron chi connectivity index (χ2n) is 4.67. The molecule has 0 radical (unpaired) electrons. The third kappa shape index (κ3) is 4.00. The minimum absolute atomic E-state index is 0.00367. The number of benzene rings is 1. The van der Waals surface area contributed by atoms with Crippen LogP contribution in [0.5, 0.6) is 0 Å². The SMILES string of the molecule is O=C(NCCc1ccc(Cl)cc1)C1CCCCN1. The Bertz CT molecular complexity index is 385. The van der Waals surface area contributed by atoms with E-state index in [1.807, 2.05) is 24.3 Å². The third-order valence-corrected chi connectivity index (χ3v) is 3.50. The molecule has 1 unspecified atom stereocenters. The van der Waals surface area contributed by atoms with Crippen molar-refractivity contribution in [2.75, 3.05) is 13.1 Å². The van der Waals surface area contributed by atoms with Crippen molar-refractivity contribution in [3.63, 3.8) is 0 Å². The highest BCUT2D eigenvalue weighted by Gasteiger charge is 2.19. The molecule has 1 amide bonds. The standard InChI is InChI=1S/C14H19ClN2O/c15-12-6-4-11(5-7-12)8-10-17-14(18)13-3-1-2-9-16-13/h4-7,13,16H,1-3,8-10H2,(H,17,18). The number of hydrogen-bond donors (Lipinski definition) is 2. The van der Waals surface area contributed by atoms with Gasteiger partial charge in [0, 0.05) is 11.6 Å². The molecule has 1 heterocycles. The summed E-state index contributed by atoms with van der Waals surface area (Å²) >= 11 is 5.82. The van der Waals surface area contributed by atoms with Gasteiger partial charge < -0.3 is 10.6 Å². The van der Waals surface area contributed by atoms with Gasteiger partial charge in [0.15, 0.2) is 0 Å². The summed E-state index contributed by atoms with van der Waals surface area (Å²) in [5.74, 6) is 0.128. The zero-order chi connectivity index (χ0) is 12.8. The smallest absolute Gasteiger partial charge is 0.237 e. The van der Waals surface area contributed by atoms with Crippen molar-refractivity contribution in [3.8, 4) is 0 Å². The molecule has 4 heteroatoms. The van der Waals surface area contributed by atoms with E-state index >= 15 is 0 Å². The van der Waals surface area contributed by atoms with Crippen LogP contribution in [0.3, 0.4) is 0 Å². The van der Waals surface area contributed by atoms with Gasteiger partial charge in [-0.3, -0.25) is 4.79 Å². The topological polar surface area (TPSA) is 41.1 Å². The number of piperidine rings is 1. The number of carbonyl (C=O) groups excluding carboxylic acids is 1. The van der Waals surface area contributed by atoms with E-state index in [1.165, 1.54) is 12.0 Å². The Morgan fingerprint density at radius 1 is 1.33 bits per heavy atom. The van der Waals surface area contributed by atoms with E-state index in [-0.39, 0.29) is 11.9 Å². The highest BCUT2D eigenvalue weighted by molar-refractivity contribution is 6.30. The minimum atomic E-state index is 0.00367. The summed E-state index contributed by atoms with van der Waals surface area (Å²) in [6.07, 6.45) is 4.11. The van der Waals surface area contributed by atoms with Gasteiger partial charge in [-0.1, -0.05) is 30.2 Å². The Hall–Kier alpha value is -1.06. The van der Waals surface area contributed by atoms with Crippen LogP contribution in [0.1, 0.15) is 24.8 Å². The van der Waals surface area contributed by atoms with Crippen LogP contribution in [0.4, 0.5) is 0 Å². The maximum absolute atomic E-state index is 11.8. The largest absolute Gasteiger partial charge is 0.354 e. The van der Waals surface area contributed by atoms with E-state index in [9.17, 15) is 4.79 Å². The molecule has 1 saturated heterocycles. The van der Waals surface area contributed by atoms with Gasteiger partial charge >= 0.3 is 0 Å². The third-order valence-electron chi connectivity index (χ3n) is 3.25. The minimum Gasteiger partial charge on any atom is -0.354 e. The van der Waals surface area contributed by atoms with E-state index in [0.717, 1.165) is 30.8 Å². The van der Waals surface area contributed by atoms with Gasteiger partial charge in [0.1, 0.15) is 0 Å². The number of amides is 1. The lowest BCUT2D eigenvalue weighted by Crippen LogP contribution is -2.47. The summed E-state index contributed by atoms with van der Waals surface area (Å²) in [5.41, 5.74) is 1.19. The lowest BCUT2D eigenvalue weighted by atomic mass is 10.0. The Morgan fingerprint density at radius 2 is 2.11 bits per heavy atom. The molecular weight excluding hydrogens is 248 g/mol. The maximum atomic E-state index is 11.8. The van der Waals surface area contributed by atoms with Crippen molar-refractivity contribution in [2.45, 2.75) is 31.7 Å². The molecule has 1 atom stereocenters. The second kappa shape index (κ2) is 6.76. The molecular formula is C14H19ClN2O. The fourth-order valence-corrected chi connectivity index (χ4v) is 2.31. The summed E-state index contributed by atoms with van der Waals surface area (Å²) in [6.45, 7) is 1.63. The van der Waals surface area contributed by atoms with Crippen molar-refractivity contribution in [2.24, 2.45) is 0 Å². The number of carbonyl (C=O) groups is 1. The first kappa shape index (κ1) is 13.4. The predicted molar refractivity (Wildman–Crippen MR) is 73.8 cm³/mol. The summed E-state index contributed by atoms with van der Waals surface area (Å²) < 4.78 is 0. The molecule has 0 saturated carbocycles. The van der Waals surface area contributed by atoms with Crippen molar-refractivity contribution in [1.29, 1.82) is 0 Å². The molecule has 3 nitrogen and oxygen atoms in total. The second-order valence-corrected chi connectivity index (χ2v) is 5.11. The molecule has 0 aliphatic carbocycles. The van der Waals surface area contributed by atoms with Crippen LogP contribution in [-0.2, 0) is 11.2 Å². The first-order valence-electron chi connectivity index (χ1n) is 6.51. The van der Waals surface area contributed by atoms with Crippen LogP contribution >= 0.6 is 11.6 Å². The van der Waals surface area contributed by atoms with E-state index in [1.54, 1.807) is 0 Å². The van der Waals surface area contributed by atoms with Gasteiger partial charge in [0.05, 0.1) is 6.04 Å². The van der Waals surface area contributed by atoms with Gasteiger partial charge in [-0.05, 0) is 43.5 Å². The number of nitrogens with one attached hydrogen (secondary N) is 2. The first-order valence-corrected chi connectivity index (χ1v) is 6.89. The molecule has 0 aromatic heterocycles. The number of hydrogen-bond acceptors (Lipinski definition) is 2. The molecule has 2 N–H and O–H groups in total. The summed E-state index contributed by atoms with van der Waals surface area (Å²) in [5, 5.41) is 6.97. The van der Waals surface area contributed by atoms with E-state index in [0.29, 0.717) is 6.54 Å². The summed E-state index contributed by atoms with van der Waals surface area (Å²) in [4.78, 5) is 11.8. The Balaban J connectivity index is 1.71. The molecule has 1 aromatic carbocycles. The summed E-state index contributed by atoms with van der Waals surface area (Å²) in [6, 6.07) is 7.74. The van der Waals surface area contributed by atoms with Crippen molar-refractivity contribution in [3.05, 3.63) is 34.9 Å². The van der Waals surface area contributed by atoms with Crippen LogP contribution in [0.2, 0.25) is 5.02 Å². The molecule has 0 bridgehead atoms. The molecule has 1 fully saturated rings. The quantitative estimate of drug-likeness (QED) is 0.877. The molecule has 98 valence electrons. The van der Waals surface area contributed by atoms with Crippen molar-refractivity contribution < 1.29 is 4.79 Å². The Kier molecular flexibility index (Phi) is 5.02. The van der Waals surface area contributed by atoms with Gasteiger partial charge in [-0.25, -0.2) is 0 Å². The molecule has 1 aliphatic rings. The zero-order valence-corrected chi connectivity index (χ0v) is 11.2. The fourth-order valence-electron chi connectivity index (χ4n) is 2.18. The average Bonchev–Trinajstić information content (AvgIpc) is 2.42. The van der Waals surface area contributed by atoms with E-state index < -0.39 is 0 Å². The number of halogens is 1. The van der Waals surface area contributed by atoms with Crippen LogP contribution < -0.4 is 10.6 Å². The predicted octanol–water partition coefficient (Wildman–Crippen LogP) is 2.14. The molecule has 2 rings (SSSR count). The van der Waals surface area contributed by atoms with E-state index in [2.05, 4.69) is 10.6 Å². The van der Waals surface area contributed by atoms with Crippen LogP contribution in [0.15, 0.2) is 24.3 Å². The zero-order valence-electron chi connectivity index (χ0n) is 10.4. The average molecular weight is 267 g/mol. The lowest BCUT2D eigenvalue weighted by Gasteiger charge is -2.22. The van der Waals surface area contributed by atoms with Gasteiger partial charge in [-0.2, -0.15) is 0 Å². The van der Waals surface area contributed by atoms with Gasteiger partial charge in [-0.15, -0.1) is 0 Å². The summed E-state index contributed by atoms with van der Waals surface area (Å²) in [7, 11) is 0. The van der Waals surface area contributed by atoms with Crippen LogP contribution in [0.25, 0.3) is 0 Å². The Morgan fingerprint density at radius 3 is 2.78 bits per heavy atom. The molecule has 18 heavy (non-hydrogen) atoms. The Labute approximate surface area is 113 Å². The monoisotopic (exact) mass is 266 g/mol. The highest BCUT2D eigenvalue weighted by Crippen LogP contribution is 2.10.